The van der Waals surface area contributed by atoms with Gasteiger partial charge in [0.1, 0.15) is 21.5 Å². The van der Waals surface area contributed by atoms with E-state index in [-0.39, 0.29) is 0 Å². The van der Waals surface area contributed by atoms with Gasteiger partial charge in [0.25, 0.3) is 0 Å². The number of thiazole rings is 2. The van der Waals surface area contributed by atoms with Crippen LogP contribution in [0.1, 0.15) is 0 Å². The quantitative estimate of drug-likeness (QED) is 0.154. The van der Waals surface area contributed by atoms with E-state index in [9.17, 15) is 0 Å². The normalized spacial score (nSPS) is 11.6. The molecule has 4 heterocycles. The van der Waals surface area contributed by atoms with Crippen LogP contribution < -0.4 is 9.47 Å². The number of methoxy groups -OCH3 is 2. The smallest absolute Gasteiger partial charge is 0.127 e. The van der Waals surface area contributed by atoms with Crippen molar-refractivity contribution in [2.45, 2.75) is 0 Å². The highest BCUT2D eigenvalue weighted by molar-refractivity contribution is 7.22. The van der Waals surface area contributed by atoms with Crippen molar-refractivity contribution in [2.24, 2.45) is 0 Å². The van der Waals surface area contributed by atoms with E-state index in [1.165, 1.54) is 0 Å². The fourth-order valence-corrected chi connectivity index (χ4v) is 10.3. The average molecular weight is 787 g/mol. The number of hydrogen-bond donors (Lipinski definition) is 0. The third kappa shape index (κ3) is 5.52. The van der Waals surface area contributed by atoms with Gasteiger partial charge in [-0.2, -0.15) is 0 Å². The van der Waals surface area contributed by atoms with Crippen molar-refractivity contribution >= 4 is 64.9 Å². The number of nitrogens with zero attached hydrogens (tertiary/aromatic N) is 4. The molecule has 4 aromatic heterocycles. The number of para-hydroxylation sites is 4. The van der Waals surface area contributed by atoms with Gasteiger partial charge < -0.3 is 18.6 Å². The molecule has 0 amide bonds. The maximum Gasteiger partial charge on any atom is 0.127 e. The number of aromatic nitrogens is 4. The molecule has 278 valence electrons. The second-order valence-electron chi connectivity index (χ2n) is 14.1. The maximum absolute atomic E-state index is 5.57. The first-order chi connectivity index (χ1) is 28.7. The van der Waals surface area contributed by atoms with E-state index in [1.54, 1.807) is 36.9 Å². The Bertz CT molecular complexity index is 3010. The molecule has 6 nitrogen and oxygen atoms in total. The lowest BCUT2D eigenvalue weighted by atomic mass is 10.0. The molecule has 7 aromatic carbocycles. The summed E-state index contributed by atoms with van der Waals surface area (Å²) in [5.74, 6) is 1.63. The topological polar surface area (TPSA) is 54.1 Å². The number of rotatable bonds is 8. The Kier molecular flexibility index (Phi) is 8.20. The highest BCUT2D eigenvalue weighted by Crippen LogP contribution is 2.48. The molecular formula is C50H34N4O2S2. The Labute approximate surface area is 342 Å². The van der Waals surface area contributed by atoms with E-state index in [2.05, 4.69) is 155 Å². The number of hydrogen-bond acceptors (Lipinski definition) is 6. The summed E-state index contributed by atoms with van der Waals surface area (Å²) < 4.78 is 18.2. The number of fused-ring (bicyclic) bond motifs is 4. The molecule has 58 heavy (non-hydrogen) atoms. The first-order valence-corrected chi connectivity index (χ1v) is 20.7. The molecule has 0 fully saturated rings. The van der Waals surface area contributed by atoms with E-state index < -0.39 is 0 Å². The zero-order valence-electron chi connectivity index (χ0n) is 31.6. The van der Waals surface area contributed by atoms with Gasteiger partial charge in [-0.1, -0.05) is 84.9 Å². The molecule has 0 saturated heterocycles. The van der Waals surface area contributed by atoms with E-state index >= 15 is 0 Å². The molecule has 11 aromatic rings. The van der Waals surface area contributed by atoms with Crippen molar-refractivity contribution in [2.75, 3.05) is 14.2 Å². The standard InChI is InChI=1S/C50H34N4O2S2/c1-55-35-27-23-33(24-28-35)53-41-15-7-3-11-37(41)45(49-51-39-13-5-9-17-43(39)57-49)47(53)31-19-21-32(22-20-31)48-46(50-52-40-14-6-10-18-44(40)58-50)38-12-4-8-16-42(38)54(48)34-25-29-36(56-2)30-26-34/h3-30H,1-2H3. The van der Waals surface area contributed by atoms with Crippen LogP contribution in [0.4, 0.5) is 0 Å². The fourth-order valence-electron chi connectivity index (χ4n) is 8.20. The lowest BCUT2D eigenvalue weighted by Crippen LogP contribution is -1.99. The van der Waals surface area contributed by atoms with Crippen molar-refractivity contribution in [3.63, 3.8) is 0 Å². The molecule has 0 atom stereocenters. The van der Waals surface area contributed by atoms with Crippen molar-refractivity contribution in [3.8, 4) is 66.5 Å². The second-order valence-corrected chi connectivity index (χ2v) is 16.2. The molecule has 0 aliphatic heterocycles. The van der Waals surface area contributed by atoms with Crippen molar-refractivity contribution in [3.05, 3.63) is 170 Å². The van der Waals surface area contributed by atoms with Crippen molar-refractivity contribution in [1.82, 2.24) is 19.1 Å². The summed E-state index contributed by atoms with van der Waals surface area (Å²) in [6.07, 6.45) is 0. The van der Waals surface area contributed by atoms with Gasteiger partial charge in [0.2, 0.25) is 0 Å². The van der Waals surface area contributed by atoms with Crippen LogP contribution in [0.15, 0.2) is 170 Å². The van der Waals surface area contributed by atoms with Gasteiger partial charge in [0, 0.05) is 33.3 Å². The Hall–Kier alpha value is -7.00. The minimum absolute atomic E-state index is 0.814. The van der Waals surface area contributed by atoms with Crippen LogP contribution in [-0.2, 0) is 0 Å². The molecule has 0 radical (unpaired) electrons. The lowest BCUT2D eigenvalue weighted by molar-refractivity contribution is 0.414. The van der Waals surface area contributed by atoms with Crippen LogP contribution in [0.5, 0.6) is 11.5 Å². The Morgan fingerprint density at radius 2 is 0.793 bits per heavy atom. The van der Waals surface area contributed by atoms with Gasteiger partial charge in [-0.15, -0.1) is 22.7 Å². The molecule has 0 saturated carbocycles. The summed E-state index contributed by atoms with van der Waals surface area (Å²) in [7, 11) is 3.41. The second kappa shape index (κ2) is 13.9. The summed E-state index contributed by atoms with van der Waals surface area (Å²) in [5, 5.41) is 4.27. The minimum atomic E-state index is 0.814. The average Bonchev–Trinajstić information content (AvgIpc) is 4.07. The van der Waals surface area contributed by atoms with Gasteiger partial charge >= 0.3 is 0 Å². The first-order valence-electron chi connectivity index (χ1n) is 19.1. The number of ether oxygens (including phenoxy) is 2. The molecule has 0 aliphatic carbocycles. The third-order valence-electron chi connectivity index (χ3n) is 10.9. The predicted molar refractivity (Wildman–Crippen MR) is 241 cm³/mol. The summed E-state index contributed by atoms with van der Waals surface area (Å²) in [5.41, 5.74) is 12.9. The molecule has 0 unspecified atom stereocenters. The highest BCUT2D eigenvalue weighted by atomic mass is 32.1. The van der Waals surface area contributed by atoms with Crippen LogP contribution in [0.25, 0.3) is 97.3 Å². The minimum Gasteiger partial charge on any atom is -0.497 e. The molecule has 0 N–H and O–H groups in total. The largest absolute Gasteiger partial charge is 0.497 e. The summed E-state index contributed by atoms with van der Waals surface area (Å²) in [6.45, 7) is 0. The molecular weight excluding hydrogens is 753 g/mol. The first kappa shape index (κ1) is 34.3. The lowest BCUT2D eigenvalue weighted by Gasteiger charge is -2.15. The van der Waals surface area contributed by atoms with Crippen LogP contribution in [0.2, 0.25) is 0 Å². The fraction of sp³-hybridized carbons (Fsp3) is 0.0400. The third-order valence-corrected chi connectivity index (χ3v) is 13.0. The van der Waals surface area contributed by atoms with E-state index in [0.29, 0.717) is 0 Å². The van der Waals surface area contributed by atoms with Gasteiger partial charge in [-0.25, -0.2) is 9.97 Å². The van der Waals surface area contributed by atoms with E-state index in [1.807, 2.05) is 24.3 Å². The Morgan fingerprint density at radius 3 is 1.19 bits per heavy atom. The van der Waals surface area contributed by atoms with Gasteiger partial charge in [-0.05, 0) is 96.1 Å². The zero-order chi connectivity index (χ0) is 38.7. The van der Waals surface area contributed by atoms with Crippen LogP contribution in [0.3, 0.4) is 0 Å². The summed E-state index contributed by atoms with van der Waals surface area (Å²) >= 11 is 3.46. The highest BCUT2D eigenvalue weighted by Gasteiger charge is 2.26. The molecule has 0 bridgehead atoms. The summed E-state index contributed by atoms with van der Waals surface area (Å²) in [4.78, 5) is 10.5. The summed E-state index contributed by atoms with van der Waals surface area (Å²) in [6, 6.07) is 59.7. The van der Waals surface area contributed by atoms with E-state index in [0.717, 1.165) is 109 Å². The van der Waals surface area contributed by atoms with Gasteiger partial charge in [-0.3, -0.25) is 0 Å². The van der Waals surface area contributed by atoms with Crippen LogP contribution >= 0.6 is 22.7 Å². The van der Waals surface area contributed by atoms with Crippen molar-refractivity contribution < 1.29 is 9.47 Å². The Balaban J connectivity index is 1.17. The van der Waals surface area contributed by atoms with E-state index in [4.69, 9.17) is 19.4 Å². The van der Waals surface area contributed by atoms with Crippen LogP contribution in [-0.4, -0.2) is 33.3 Å². The number of benzene rings is 7. The monoisotopic (exact) mass is 786 g/mol. The molecule has 0 spiro atoms. The maximum atomic E-state index is 5.57. The Morgan fingerprint density at radius 1 is 0.414 bits per heavy atom. The molecule has 11 rings (SSSR count). The predicted octanol–water partition coefficient (Wildman–Crippen LogP) is 13.5. The van der Waals surface area contributed by atoms with Crippen LogP contribution in [0, 0.1) is 0 Å². The zero-order valence-corrected chi connectivity index (χ0v) is 33.2. The molecule has 8 heteroatoms. The SMILES string of the molecule is COc1ccc(-n2c(-c3ccc(-c4c(-c5nc6ccccc6s5)c5ccccc5n4-c4ccc(OC)cc4)cc3)c(-c3nc4ccccc4s3)c3ccccc32)cc1. The van der Waals surface area contributed by atoms with Gasteiger partial charge in [0.15, 0.2) is 0 Å². The molecule has 0 aliphatic rings. The van der Waals surface area contributed by atoms with Gasteiger partial charge in [0.05, 0.1) is 57.1 Å². The van der Waals surface area contributed by atoms with Crippen molar-refractivity contribution in [1.29, 1.82) is 0 Å².